The van der Waals surface area contributed by atoms with Crippen LogP contribution in [-0.4, -0.2) is 43.0 Å². The van der Waals surface area contributed by atoms with E-state index in [-0.39, 0.29) is 17.6 Å². The van der Waals surface area contributed by atoms with Crippen LogP contribution < -0.4 is 4.90 Å². The number of nitrogens with zero attached hydrogens (tertiary/aromatic N) is 2. The Morgan fingerprint density at radius 2 is 1.61 bits per heavy atom. The first kappa shape index (κ1) is 18.4. The predicted octanol–water partition coefficient (Wildman–Crippen LogP) is 3.06. The Morgan fingerprint density at radius 1 is 0.929 bits per heavy atom. The molecule has 2 aromatic carbocycles. The number of hydrogen-bond acceptors (Lipinski definition) is 4. The molecule has 0 aromatic heterocycles. The lowest BCUT2D eigenvalue weighted by molar-refractivity contribution is -0.121. The van der Waals surface area contributed by atoms with Crippen LogP contribution in [0.5, 0.6) is 0 Å². The number of ether oxygens (including phenoxy) is 1. The van der Waals surface area contributed by atoms with Crippen LogP contribution in [0.1, 0.15) is 16.7 Å². The minimum atomic E-state index is -0.389. The van der Waals surface area contributed by atoms with Gasteiger partial charge in [-0.25, -0.2) is 9.29 Å². The van der Waals surface area contributed by atoms with E-state index in [1.807, 2.05) is 30.9 Å². The van der Waals surface area contributed by atoms with Crippen LogP contribution in [0.2, 0.25) is 0 Å². The highest BCUT2D eigenvalue weighted by Gasteiger charge is 2.43. The molecule has 0 atom stereocenters. The molecule has 5 nitrogen and oxygen atoms in total. The summed E-state index contributed by atoms with van der Waals surface area (Å²) in [7, 11) is 0. The molecule has 2 amide bonds. The number of hydrogen-bond donors (Lipinski definition) is 0. The maximum atomic E-state index is 13.4. The first-order valence-electron chi connectivity index (χ1n) is 9.26. The number of benzene rings is 2. The molecule has 4 rings (SSSR count). The van der Waals surface area contributed by atoms with Gasteiger partial charge in [0.2, 0.25) is 0 Å². The van der Waals surface area contributed by atoms with Gasteiger partial charge in [-0.1, -0.05) is 29.8 Å². The molecule has 1 fully saturated rings. The van der Waals surface area contributed by atoms with Crippen molar-refractivity contribution in [2.24, 2.45) is 0 Å². The van der Waals surface area contributed by atoms with E-state index in [1.165, 1.54) is 17.0 Å². The summed E-state index contributed by atoms with van der Waals surface area (Å²) < 4.78 is 18.8. The van der Waals surface area contributed by atoms with Gasteiger partial charge in [-0.2, -0.15) is 0 Å². The van der Waals surface area contributed by atoms with E-state index in [0.29, 0.717) is 48.8 Å². The first-order chi connectivity index (χ1) is 13.5. The van der Waals surface area contributed by atoms with E-state index in [2.05, 4.69) is 0 Å². The fourth-order valence-electron chi connectivity index (χ4n) is 3.75. The van der Waals surface area contributed by atoms with Crippen molar-refractivity contribution < 1.29 is 18.7 Å². The van der Waals surface area contributed by atoms with Crippen LogP contribution in [0.15, 0.2) is 48.2 Å². The number of carbonyl (C=O) groups excluding carboxylic acids is 2. The van der Waals surface area contributed by atoms with Crippen molar-refractivity contribution in [1.82, 2.24) is 4.90 Å². The summed E-state index contributed by atoms with van der Waals surface area (Å²) >= 11 is 0. The van der Waals surface area contributed by atoms with Crippen LogP contribution in [0, 0.1) is 19.7 Å². The molecule has 0 radical (unpaired) electrons. The van der Waals surface area contributed by atoms with Gasteiger partial charge in [0.1, 0.15) is 11.5 Å². The molecular weight excluding hydrogens is 359 g/mol. The summed E-state index contributed by atoms with van der Waals surface area (Å²) in [6.45, 7) is 5.88. The minimum Gasteiger partial charge on any atom is -0.378 e. The van der Waals surface area contributed by atoms with Crippen molar-refractivity contribution in [2.75, 3.05) is 31.2 Å². The van der Waals surface area contributed by atoms with Gasteiger partial charge in [0.25, 0.3) is 11.8 Å². The number of anilines is 1. The fraction of sp³-hybridized carbons (Fsp3) is 0.273. The van der Waals surface area contributed by atoms with Crippen LogP contribution in [0.25, 0.3) is 5.57 Å². The summed E-state index contributed by atoms with van der Waals surface area (Å²) in [6, 6.07) is 11.3. The van der Waals surface area contributed by atoms with E-state index in [4.69, 9.17) is 4.74 Å². The second-order valence-electron chi connectivity index (χ2n) is 7.07. The van der Waals surface area contributed by atoms with Crippen LogP contribution in [0.3, 0.4) is 0 Å². The van der Waals surface area contributed by atoms with Gasteiger partial charge in [-0.3, -0.25) is 9.59 Å². The van der Waals surface area contributed by atoms with Gasteiger partial charge >= 0.3 is 0 Å². The van der Waals surface area contributed by atoms with E-state index in [0.717, 1.165) is 11.1 Å². The first-order valence-corrected chi connectivity index (χ1v) is 9.26. The molecule has 2 aliphatic rings. The average molecular weight is 380 g/mol. The summed E-state index contributed by atoms with van der Waals surface area (Å²) in [5.74, 6) is -1.12. The van der Waals surface area contributed by atoms with Crippen LogP contribution in [-0.2, 0) is 14.3 Å². The second-order valence-corrected chi connectivity index (χ2v) is 7.07. The van der Waals surface area contributed by atoms with Crippen molar-refractivity contribution in [3.63, 3.8) is 0 Å². The topological polar surface area (TPSA) is 49.9 Å². The smallest absolute Gasteiger partial charge is 0.282 e. The van der Waals surface area contributed by atoms with E-state index >= 15 is 0 Å². The Hall–Kier alpha value is -2.99. The molecule has 0 aliphatic carbocycles. The number of aryl methyl sites for hydroxylation is 2. The fourth-order valence-corrected chi connectivity index (χ4v) is 3.75. The summed E-state index contributed by atoms with van der Waals surface area (Å²) in [5, 5.41) is 0. The average Bonchev–Trinajstić information content (AvgIpc) is 2.94. The third-order valence-corrected chi connectivity index (χ3v) is 5.11. The largest absolute Gasteiger partial charge is 0.378 e. The standard InChI is InChI=1S/C22H21FN2O3/c1-14-3-8-18(15(2)13-14)25-21(26)19(16-4-6-17(23)7-5-16)20(22(25)27)24-9-11-28-12-10-24/h3-8,13H,9-12H2,1-2H3. The van der Waals surface area contributed by atoms with Crippen molar-refractivity contribution in [3.05, 3.63) is 70.7 Å². The zero-order valence-electron chi connectivity index (χ0n) is 15.9. The number of imide groups is 1. The SMILES string of the molecule is Cc1ccc(N2C(=O)C(c3ccc(F)cc3)=C(N3CCOCC3)C2=O)c(C)c1. The zero-order valence-corrected chi connectivity index (χ0v) is 15.9. The van der Waals surface area contributed by atoms with E-state index < -0.39 is 0 Å². The molecule has 2 aromatic rings. The molecule has 28 heavy (non-hydrogen) atoms. The molecule has 0 spiro atoms. The number of rotatable bonds is 3. The highest BCUT2D eigenvalue weighted by atomic mass is 19.1. The predicted molar refractivity (Wildman–Crippen MR) is 104 cm³/mol. The van der Waals surface area contributed by atoms with Gasteiger partial charge in [0.15, 0.2) is 0 Å². The van der Waals surface area contributed by atoms with Crippen molar-refractivity contribution in [2.45, 2.75) is 13.8 Å². The van der Waals surface area contributed by atoms with E-state index in [9.17, 15) is 14.0 Å². The lowest BCUT2D eigenvalue weighted by atomic mass is 10.0. The zero-order chi connectivity index (χ0) is 19.8. The third-order valence-electron chi connectivity index (χ3n) is 5.11. The lowest BCUT2D eigenvalue weighted by Gasteiger charge is -2.29. The van der Waals surface area contributed by atoms with Gasteiger partial charge in [-0.15, -0.1) is 0 Å². The Morgan fingerprint density at radius 3 is 2.25 bits per heavy atom. The lowest BCUT2D eigenvalue weighted by Crippen LogP contribution is -2.40. The maximum Gasteiger partial charge on any atom is 0.282 e. The molecule has 0 N–H and O–H groups in total. The monoisotopic (exact) mass is 380 g/mol. The molecule has 0 saturated carbocycles. The molecular formula is C22H21FN2O3. The van der Waals surface area contributed by atoms with Gasteiger partial charge in [0.05, 0.1) is 24.5 Å². The Kier molecular flexibility index (Phi) is 4.73. The molecule has 0 unspecified atom stereocenters. The molecule has 1 saturated heterocycles. The molecule has 144 valence electrons. The number of carbonyl (C=O) groups is 2. The van der Waals surface area contributed by atoms with Crippen LogP contribution >= 0.6 is 0 Å². The van der Waals surface area contributed by atoms with Crippen molar-refractivity contribution in [3.8, 4) is 0 Å². The normalized spacial score (nSPS) is 17.7. The van der Waals surface area contributed by atoms with Crippen molar-refractivity contribution in [1.29, 1.82) is 0 Å². The van der Waals surface area contributed by atoms with Gasteiger partial charge in [0, 0.05) is 13.1 Å². The van der Waals surface area contributed by atoms with Gasteiger partial charge in [-0.05, 0) is 43.2 Å². The minimum absolute atomic E-state index is 0.312. The molecule has 0 bridgehead atoms. The van der Waals surface area contributed by atoms with Gasteiger partial charge < -0.3 is 9.64 Å². The number of morpholine rings is 1. The molecule has 6 heteroatoms. The maximum absolute atomic E-state index is 13.4. The molecule has 2 aliphatic heterocycles. The van der Waals surface area contributed by atoms with E-state index in [1.54, 1.807) is 18.2 Å². The Labute approximate surface area is 163 Å². The highest BCUT2D eigenvalue weighted by Crippen LogP contribution is 2.36. The van der Waals surface area contributed by atoms with Crippen molar-refractivity contribution >= 4 is 23.1 Å². The highest BCUT2D eigenvalue weighted by molar-refractivity contribution is 6.45. The molecule has 2 heterocycles. The summed E-state index contributed by atoms with van der Waals surface area (Å²) in [4.78, 5) is 29.9. The quantitative estimate of drug-likeness (QED) is 0.768. The summed E-state index contributed by atoms with van der Waals surface area (Å²) in [6.07, 6.45) is 0. The second kappa shape index (κ2) is 7.20. The Bertz CT molecular complexity index is 976. The number of amides is 2. The Balaban J connectivity index is 1.84. The van der Waals surface area contributed by atoms with Crippen LogP contribution in [0.4, 0.5) is 10.1 Å². The summed E-state index contributed by atoms with van der Waals surface area (Å²) in [5.41, 5.74) is 3.69. The third kappa shape index (κ3) is 3.10. The number of halogens is 1.